The van der Waals surface area contributed by atoms with E-state index in [2.05, 4.69) is 15.7 Å². The normalized spacial score (nSPS) is 10.2. The Morgan fingerprint density at radius 2 is 2.15 bits per heavy atom. The fourth-order valence-corrected chi connectivity index (χ4v) is 1.82. The summed E-state index contributed by atoms with van der Waals surface area (Å²) >= 11 is 0. The first-order valence-electron chi connectivity index (χ1n) is 6.15. The number of aromatic nitrogens is 2. The quantitative estimate of drug-likeness (QED) is 0.306. The van der Waals surface area contributed by atoms with E-state index < -0.39 is 4.92 Å². The van der Waals surface area contributed by atoms with Crippen molar-refractivity contribution in [2.24, 2.45) is 5.84 Å². The zero-order chi connectivity index (χ0) is 14.4. The van der Waals surface area contributed by atoms with Crippen LogP contribution in [0.5, 0.6) is 0 Å². The summed E-state index contributed by atoms with van der Waals surface area (Å²) in [6.07, 6.45) is 6.26. The number of nitrogens with zero attached hydrogens (tertiary/aromatic N) is 3. The van der Waals surface area contributed by atoms with Gasteiger partial charge in [0.25, 0.3) is 5.69 Å². The second-order valence-electron chi connectivity index (χ2n) is 4.25. The summed E-state index contributed by atoms with van der Waals surface area (Å²) in [7, 11) is 0. The zero-order valence-corrected chi connectivity index (χ0v) is 10.8. The van der Waals surface area contributed by atoms with Crippen molar-refractivity contribution in [1.82, 2.24) is 9.55 Å². The van der Waals surface area contributed by atoms with Crippen LogP contribution in [-0.4, -0.2) is 21.0 Å². The molecular weight excluding hydrogens is 260 g/mol. The SMILES string of the molecule is NNc1cc(NCCCn2ccnc2)cc([N+](=O)[O-])c1. The lowest BCUT2D eigenvalue weighted by Gasteiger charge is -2.09. The number of non-ortho nitro benzene ring substituents is 1. The third-order valence-electron chi connectivity index (χ3n) is 2.78. The highest BCUT2D eigenvalue weighted by atomic mass is 16.6. The maximum atomic E-state index is 10.8. The topological polar surface area (TPSA) is 111 Å². The van der Waals surface area contributed by atoms with Gasteiger partial charge in [0.1, 0.15) is 0 Å². The number of nitrogens with one attached hydrogen (secondary N) is 2. The van der Waals surface area contributed by atoms with Crippen molar-refractivity contribution in [1.29, 1.82) is 0 Å². The number of imidazole rings is 1. The number of nitrogen functional groups attached to an aromatic ring is 1. The average molecular weight is 276 g/mol. The first-order chi connectivity index (χ1) is 9.69. The molecule has 0 bridgehead atoms. The van der Waals surface area contributed by atoms with E-state index in [4.69, 9.17) is 5.84 Å². The van der Waals surface area contributed by atoms with Gasteiger partial charge in [-0.1, -0.05) is 0 Å². The molecule has 0 saturated carbocycles. The molecule has 8 nitrogen and oxygen atoms in total. The van der Waals surface area contributed by atoms with E-state index in [9.17, 15) is 10.1 Å². The van der Waals surface area contributed by atoms with Crippen LogP contribution in [0.2, 0.25) is 0 Å². The summed E-state index contributed by atoms with van der Waals surface area (Å²) in [5.74, 6) is 5.30. The van der Waals surface area contributed by atoms with Crippen molar-refractivity contribution >= 4 is 17.1 Å². The molecule has 0 fully saturated rings. The molecule has 0 amide bonds. The van der Waals surface area contributed by atoms with Crippen LogP contribution in [0.1, 0.15) is 6.42 Å². The first-order valence-corrected chi connectivity index (χ1v) is 6.15. The average Bonchev–Trinajstić information content (AvgIpc) is 2.96. The number of nitrogens with two attached hydrogens (primary N) is 1. The van der Waals surface area contributed by atoms with Crippen LogP contribution < -0.4 is 16.6 Å². The monoisotopic (exact) mass is 276 g/mol. The number of aryl methyl sites for hydroxylation is 1. The fourth-order valence-electron chi connectivity index (χ4n) is 1.82. The molecule has 0 spiro atoms. The van der Waals surface area contributed by atoms with Crippen LogP contribution in [-0.2, 0) is 6.54 Å². The van der Waals surface area contributed by atoms with Crippen molar-refractivity contribution in [3.63, 3.8) is 0 Å². The van der Waals surface area contributed by atoms with Crippen molar-refractivity contribution in [2.45, 2.75) is 13.0 Å². The van der Waals surface area contributed by atoms with E-state index >= 15 is 0 Å². The van der Waals surface area contributed by atoms with Crippen molar-refractivity contribution in [3.05, 3.63) is 47.0 Å². The predicted octanol–water partition coefficient (Wildman–Crippen LogP) is 1.58. The number of nitro groups is 1. The molecule has 0 atom stereocenters. The van der Waals surface area contributed by atoms with Gasteiger partial charge in [0, 0.05) is 43.3 Å². The molecule has 106 valence electrons. The van der Waals surface area contributed by atoms with Crippen LogP contribution >= 0.6 is 0 Å². The lowest BCUT2D eigenvalue weighted by Crippen LogP contribution is -2.09. The van der Waals surface area contributed by atoms with Gasteiger partial charge < -0.3 is 15.3 Å². The maximum absolute atomic E-state index is 10.8. The van der Waals surface area contributed by atoms with Gasteiger partial charge in [-0.2, -0.15) is 0 Å². The van der Waals surface area contributed by atoms with Gasteiger partial charge in [-0.3, -0.25) is 16.0 Å². The summed E-state index contributed by atoms with van der Waals surface area (Å²) in [6.45, 7) is 1.54. The summed E-state index contributed by atoms with van der Waals surface area (Å²) in [4.78, 5) is 14.3. The minimum atomic E-state index is -0.447. The third-order valence-corrected chi connectivity index (χ3v) is 2.78. The van der Waals surface area contributed by atoms with Gasteiger partial charge in [0.2, 0.25) is 0 Å². The van der Waals surface area contributed by atoms with Crippen LogP contribution in [0.25, 0.3) is 0 Å². The van der Waals surface area contributed by atoms with Gasteiger partial charge in [-0.15, -0.1) is 0 Å². The number of rotatable bonds is 7. The number of hydrazine groups is 1. The molecular formula is C12H16N6O2. The molecule has 2 rings (SSSR count). The second kappa shape index (κ2) is 6.53. The predicted molar refractivity (Wildman–Crippen MR) is 76.2 cm³/mol. The van der Waals surface area contributed by atoms with Gasteiger partial charge in [-0.25, -0.2) is 4.98 Å². The summed E-state index contributed by atoms with van der Waals surface area (Å²) in [5.41, 5.74) is 3.58. The van der Waals surface area contributed by atoms with E-state index in [1.54, 1.807) is 18.6 Å². The van der Waals surface area contributed by atoms with E-state index in [1.807, 2.05) is 10.8 Å². The highest BCUT2D eigenvalue weighted by Gasteiger charge is 2.09. The Balaban J connectivity index is 1.91. The molecule has 1 heterocycles. The van der Waals surface area contributed by atoms with Crippen LogP contribution in [0.4, 0.5) is 17.1 Å². The first kappa shape index (κ1) is 13.8. The fraction of sp³-hybridized carbons (Fsp3) is 0.250. The van der Waals surface area contributed by atoms with Crippen molar-refractivity contribution in [2.75, 3.05) is 17.3 Å². The molecule has 0 aliphatic rings. The van der Waals surface area contributed by atoms with Crippen molar-refractivity contribution in [3.8, 4) is 0 Å². The molecule has 20 heavy (non-hydrogen) atoms. The van der Waals surface area contributed by atoms with E-state index in [1.165, 1.54) is 12.1 Å². The van der Waals surface area contributed by atoms with Crippen LogP contribution in [0, 0.1) is 10.1 Å². The molecule has 0 saturated heterocycles. The van der Waals surface area contributed by atoms with E-state index in [-0.39, 0.29) is 5.69 Å². The minimum Gasteiger partial charge on any atom is -0.385 e. The smallest absolute Gasteiger partial charge is 0.273 e. The Labute approximate surface area is 115 Å². The summed E-state index contributed by atoms with van der Waals surface area (Å²) < 4.78 is 1.97. The maximum Gasteiger partial charge on any atom is 0.273 e. The summed E-state index contributed by atoms with van der Waals surface area (Å²) in [6, 6.07) is 4.60. The number of anilines is 2. The Hall–Kier alpha value is -2.61. The molecule has 0 unspecified atom stereocenters. The lowest BCUT2D eigenvalue weighted by molar-refractivity contribution is -0.384. The Bertz CT molecular complexity index is 569. The van der Waals surface area contributed by atoms with Gasteiger partial charge in [-0.05, 0) is 12.5 Å². The highest BCUT2D eigenvalue weighted by Crippen LogP contribution is 2.23. The van der Waals surface area contributed by atoms with Crippen LogP contribution in [0.15, 0.2) is 36.9 Å². The van der Waals surface area contributed by atoms with Crippen molar-refractivity contribution < 1.29 is 4.92 Å². The molecule has 4 N–H and O–H groups in total. The summed E-state index contributed by atoms with van der Waals surface area (Å²) in [5, 5.41) is 13.9. The molecule has 1 aromatic carbocycles. The molecule has 0 aliphatic carbocycles. The molecule has 1 aromatic heterocycles. The Kier molecular flexibility index (Phi) is 4.51. The minimum absolute atomic E-state index is 0.00226. The highest BCUT2D eigenvalue weighted by molar-refractivity contribution is 5.63. The van der Waals surface area contributed by atoms with Crippen LogP contribution in [0.3, 0.4) is 0 Å². The lowest BCUT2D eigenvalue weighted by atomic mass is 10.2. The molecule has 0 radical (unpaired) electrons. The molecule has 8 heteroatoms. The number of benzene rings is 1. The second-order valence-corrected chi connectivity index (χ2v) is 4.25. The standard InChI is InChI=1S/C12H16N6O2/c13-16-11-6-10(7-12(8-11)18(19)20)15-2-1-4-17-5-3-14-9-17/h3,5-9,15-16H,1-2,4,13H2. The number of hydrogen-bond acceptors (Lipinski definition) is 6. The van der Waals surface area contributed by atoms with E-state index in [0.717, 1.165) is 13.0 Å². The van der Waals surface area contributed by atoms with Gasteiger partial charge in [0.15, 0.2) is 0 Å². The van der Waals surface area contributed by atoms with E-state index in [0.29, 0.717) is 17.9 Å². The largest absolute Gasteiger partial charge is 0.385 e. The molecule has 0 aliphatic heterocycles. The number of hydrogen-bond donors (Lipinski definition) is 3. The Morgan fingerprint density at radius 1 is 1.35 bits per heavy atom. The number of nitro benzene ring substituents is 1. The molecule has 2 aromatic rings. The third kappa shape index (κ3) is 3.69. The zero-order valence-electron chi connectivity index (χ0n) is 10.8. The van der Waals surface area contributed by atoms with Gasteiger partial charge >= 0.3 is 0 Å². The Morgan fingerprint density at radius 3 is 2.80 bits per heavy atom. The van der Waals surface area contributed by atoms with Gasteiger partial charge in [0.05, 0.1) is 16.9 Å².